The van der Waals surface area contributed by atoms with Gasteiger partial charge in [-0.1, -0.05) is 30.3 Å². The van der Waals surface area contributed by atoms with E-state index in [1.165, 1.54) is 6.20 Å². The fourth-order valence-electron chi connectivity index (χ4n) is 2.58. The topological polar surface area (TPSA) is 67.2 Å². The third kappa shape index (κ3) is 3.64. The van der Waals surface area contributed by atoms with E-state index in [0.717, 1.165) is 11.3 Å². The van der Waals surface area contributed by atoms with Gasteiger partial charge in [0.2, 0.25) is 5.91 Å². The molecule has 0 aliphatic carbocycles. The first-order chi connectivity index (χ1) is 11.5. The Morgan fingerprint density at radius 3 is 2.33 bits per heavy atom. The number of rotatable bonds is 6. The van der Waals surface area contributed by atoms with E-state index in [2.05, 4.69) is 10.4 Å². The normalized spacial score (nSPS) is 11.8. The maximum atomic E-state index is 12.9. The van der Waals surface area contributed by atoms with Gasteiger partial charge in [-0.05, 0) is 26.3 Å². The number of aromatic nitrogens is 2. The van der Waals surface area contributed by atoms with Crippen molar-refractivity contribution in [2.75, 3.05) is 13.1 Å². The Hall–Kier alpha value is -2.63. The van der Waals surface area contributed by atoms with Crippen molar-refractivity contribution in [3.05, 3.63) is 53.3 Å². The minimum absolute atomic E-state index is 0.110. The minimum Gasteiger partial charge on any atom is -0.341 e. The molecule has 0 aliphatic heterocycles. The number of benzene rings is 1. The summed E-state index contributed by atoms with van der Waals surface area (Å²) in [6.45, 7) is 6.87. The third-order valence-electron chi connectivity index (χ3n) is 4.21. The summed E-state index contributed by atoms with van der Waals surface area (Å²) in [7, 11) is 1.78. The van der Waals surface area contributed by atoms with E-state index >= 15 is 0 Å². The van der Waals surface area contributed by atoms with E-state index in [1.807, 2.05) is 51.1 Å². The molecule has 24 heavy (non-hydrogen) atoms. The first-order valence-corrected chi connectivity index (χ1v) is 8.12. The highest BCUT2D eigenvalue weighted by molar-refractivity contribution is 5.98. The fourth-order valence-corrected chi connectivity index (χ4v) is 2.58. The SMILES string of the molecule is CCN(CC)C(=O)[C@@H](NC(=O)c1cnn(C)c1C)c1ccccc1. The van der Waals surface area contributed by atoms with Crippen LogP contribution in [-0.4, -0.2) is 39.6 Å². The third-order valence-corrected chi connectivity index (χ3v) is 4.21. The maximum absolute atomic E-state index is 12.9. The highest BCUT2D eigenvalue weighted by Crippen LogP contribution is 2.17. The summed E-state index contributed by atoms with van der Waals surface area (Å²) in [5.74, 6) is -0.406. The van der Waals surface area contributed by atoms with Crippen molar-refractivity contribution in [2.45, 2.75) is 26.8 Å². The molecule has 2 amide bonds. The maximum Gasteiger partial charge on any atom is 0.255 e. The van der Waals surface area contributed by atoms with Crippen LogP contribution >= 0.6 is 0 Å². The monoisotopic (exact) mass is 328 g/mol. The van der Waals surface area contributed by atoms with Crippen molar-refractivity contribution in [3.63, 3.8) is 0 Å². The molecular formula is C18H24N4O2. The van der Waals surface area contributed by atoms with E-state index < -0.39 is 6.04 Å². The van der Waals surface area contributed by atoms with E-state index in [4.69, 9.17) is 0 Å². The molecule has 0 aliphatic rings. The van der Waals surface area contributed by atoms with Gasteiger partial charge in [-0.15, -0.1) is 0 Å². The minimum atomic E-state index is -0.710. The summed E-state index contributed by atoms with van der Waals surface area (Å²) in [6.07, 6.45) is 1.52. The van der Waals surface area contributed by atoms with E-state index in [1.54, 1.807) is 16.6 Å². The number of carbonyl (C=O) groups is 2. The molecule has 1 atom stereocenters. The number of carbonyl (C=O) groups excluding carboxylic acids is 2. The van der Waals surface area contributed by atoms with Crippen molar-refractivity contribution >= 4 is 11.8 Å². The number of nitrogens with one attached hydrogen (secondary N) is 1. The van der Waals surface area contributed by atoms with Gasteiger partial charge in [0.05, 0.1) is 11.8 Å². The number of amides is 2. The average Bonchev–Trinajstić information content (AvgIpc) is 2.93. The standard InChI is InChI=1S/C18H24N4O2/c1-5-22(6-2)18(24)16(14-10-8-7-9-11-14)20-17(23)15-12-19-21(4)13(15)3/h7-12,16H,5-6H2,1-4H3,(H,20,23)/t16-/m0/s1. The lowest BCUT2D eigenvalue weighted by molar-refractivity contribution is -0.133. The second kappa shape index (κ2) is 7.77. The molecule has 2 rings (SSSR count). The van der Waals surface area contributed by atoms with Crippen LogP contribution in [0.3, 0.4) is 0 Å². The Bertz CT molecular complexity index is 705. The van der Waals surface area contributed by atoms with Crippen molar-refractivity contribution in [1.82, 2.24) is 20.0 Å². The largest absolute Gasteiger partial charge is 0.341 e. The lowest BCUT2D eigenvalue weighted by Crippen LogP contribution is -2.43. The number of hydrogen-bond donors (Lipinski definition) is 1. The molecule has 0 saturated carbocycles. The number of likely N-dealkylation sites (N-methyl/N-ethyl adjacent to an activating group) is 1. The Morgan fingerprint density at radius 1 is 1.21 bits per heavy atom. The van der Waals surface area contributed by atoms with Crippen LogP contribution in [-0.2, 0) is 11.8 Å². The molecule has 0 fully saturated rings. The molecule has 1 aromatic carbocycles. The summed E-state index contributed by atoms with van der Waals surface area (Å²) < 4.78 is 1.64. The van der Waals surface area contributed by atoms with E-state index in [9.17, 15) is 9.59 Å². The fraction of sp³-hybridized carbons (Fsp3) is 0.389. The zero-order valence-corrected chi connectivity index (χ0v) is 14.6. The number of nitrogens with zero attached hydrogens (tertiary/aromatic N) is 3. The van der Waals surface area contributed by atoms with Crippen LogP contribution in [0.2, 0.25) is 0 Å². The molecule has 6 heteroatoms. The van der Waals surface area contributed by atoms with Gasteiger partial charge >= 0.3 is 0 Å². The number of aryl methyl sites for hydroxylation is 1. The first kappa shape index (κ1) is 17.7. The van der Waals surface area contributed by atoms with Crippen molar-refractivity contribution < 1.29 is 9.59 Å². The summed E-state index contributed by atoms with van der Waals surface area (Å²) in [6, 6.07) is 8.59. The van der Waals surface area contributed by atoms with Gasteiger partial charge in [0.25, 0.3) is 5.91 Å². The zero-order chi connectivity index (χ0) is 17.7. The van der Waals surface area contributed by atoms with Gasteiger partial charge < -0.3 is 10.2 Å². The molecule has 6 nitrogen and oxygen atoms in total. The molecule has 2 aromatic rings. The van der Waals surface area contributed by atoms with Gasteiger partial charge in [0.1, 0.15) is 6.04 Å². The zero-order valence-electron chi connectivity index (χ0n) is 14.6. The molecule has 0 saturated heterocycles. The van der Waals surface area contributed by atoms with Crippen LogP contribution in [0.15, 0.2) is 36.5 Å². The van der Waals surface area contributed by atoms with Crippen LogP contribution in [0.5, 0.6) is 0 Å². The smallest absolute Gasteiger partial charge is 0.255 e. The van der Waals surface area contributed by atoms with Gasteiger partial charge in [-0.3, -0.25) is 14.3 Å². The van der Waals surface area contributed by atoms with Crippen LogP contribution in [0.1, 0.15) is 41.5 Å². The molecule has 1 aromatic heterocycles. The summed E-state index contributed by atoms with van der Waals surface area (Å²) in [5.41, 5.74) is 2.00. The average molecular weight is 328 g/mol. The summed E-state index contributed by atoms with van der Waals surface area (Å²) in [4.78, 5) is 27.2. The lowest BCUT2D eigenvalue weighted by atomic mass is 10.0. The molecular weight excluding hydrogens is 304 g/mol. The van der Waals surface area contributed by atoms with Crippen LogP contribution in [0, 0.1) is 6.92 Å². The van der Waals surface area contributed by atoms with E-state index in [-0.39, 0.29) is 11.8 Å². The Labute approximate surface area is 142 Å². The Morgan fingerprint density at radius 2 is 1.83 bits per heavy atom. The van der Waals surface area contributed by atoms with E-state index in [0.29, 0.717) is 18.7 Å². The predicted octanol–water partition coefficient (Wildman–Crippen LogP) is 2.07. The van der Waals surface area contributed by atoms with Gasteiger partial charge in [0, 0.05) is 25.8 Å². The predicted molar refractivity (Wildman–Crippen MR) is 92.5 cm³/mol. The quantitative estimate of drug-likeness (QED) is 0.883. The van der Waals surface area contributed by atoms with Gasteiger partial charge in [0.15, 0.2) is 0 Å². The second-order valence-electron chi connectivity index (χ2n) is 5.59. The Balaban J connectivity index is 2.31. The van der Waals surface area contributed by atoms with Crippen LogP contribution in [0.25, 0.3) is 0 Å². The molecule has 128 valence electrons. The molecule has 0 unspecified atom stereocenters. The van der Waals surface area contributed by atoms with Crippen molar-refractivity contribution in [1.29, 1.82) is 0 Å². The molecule has 0 spiro atoms. The molecule has 0 bridgehead atoms. The highest BCUT2D eigenvalue weighted by Gasteiger charge is 2.27. The van der Waals surface area contributed by atoms with Crippen LogP contribution < -0.4 is 5.32 Å². The first-order valence-electron chi connectivity index (χ1n) is 8.12. The highest BCUT2D eigenvalue weighted by atomic mass is 16.2. The van der Waals surface area contributed by atoms with Gasteiger partial charge in [-0.2, -0.15) is 5.10 Å². The summed E-state index contributed by atoms with van der Waals surface area (Å²) in [5, 5.41) is 6.96. The lowest BCUT2D eigenvalue weighted by Gasteiger charge is -2.26. The Kier molecular flexibility index (Phi) is 5.73. The molecule has 1 heterocycles. The van der Waals surface area contributed by atoms with Crippen molar-refractivity contribution in [3.8, 4) is 0 Å². The molecule has 0 radical (unpaired) electrons. The van der Waals surface area contributed by atoms with Gasteiger partial charge in [-0.25, -0.2) is 0 Å². The van der Waals surface area contributed by atoms with Crippen LogP contribution in [0.4, 0.5) is 0 Å². The molecule has 1 N–H and O–H groups in total. The van der Waals surface area contributed by atoms with Crippen molar-refractivity contribution in [2.24, 2.45) is 7.05 Å². The second-order valence-corrected chi connectivity index (χ2v) is 5.59. The summed E-state index contributed by atoms with van der Waals surface area (Å²) >= 11 is 0. The number of hydrogen-bond acceptors (Lipinski definition) is 3.